The minimum atomic E-state index is 0.318. The van der Waals surface area contributed by atoms with Gasteiger partial charge in [0.05, 0.1) is 0 Å². The molecule has 0 N–H and O–H groups in total. The van der Waals surface area contributed by atoms with E-state index in [1.807, 2.05) is 12.1 Å². The topological polar surface area (TPSA) is 19.6 Å². The number of allylic oxidation sites excluding steroid dienone is 2. The second-order valence-corrected chi connectivity index (χ2v) is 6.90. The molecule has 3 heteroatoms. The van der Waals surface area contributed by atoms with Crippen molar-refractivity contribution < 1.29 is 4.42 Å². The number of furan rings is 1. The van der Waals surface area contributed by atoms with Crippen LogP contribution in [0.2, 0.25) is 0 Å². The molecule has 0 aliphatic carbocycles. The summed E-state index contributed by atoms with van der Waals surface area (Å²) < 4.78 is 6.14. The van der Waals surface area contributed by atoms with Crippen molar-refractivity contribution in [3.63, 3.8) is 0 Å². The van der Waals surface area contributed by atoms with Gasteiger partial charge in [-0.15, -0.1) is 0 Å². The SMILES string of the molecule is CC1=C(C)N(c2cc3c(oc4ccccc43)c(C)c2C)[C@H](C)N1C. The maximum atomic E-state index is 6.14. The van der Waals surface area contributed by atoms with Gasteiger partial charge in [-0.2, -0.15) is 0 Å². The Morgan fingerprint density at radius 3 is 2.29 bits per heavy atom. The van der Waals surface area contributed by atoms with Gasteiger partial charge in [-0.25, -0.2) is 0 Å². The Kier molecular flexibility index (Phi) is 3.17. The summed E-state index contributed by atoms with van der Waals surface area (Å²) in [5, 5.41) is 2.39. The van der Waals surface area contributed by atoms with Gasteiger partial charge in [0.25, 0.3) is 0 Å². The van der Waals surface area contributed by atoms with Crippen LogP contribution in [-0.4, -0.2) is 18.1 Å². The number of anilines is 1. The second-order valence-electron chi connectivity index (χ2n) is 6.90. The van der Waals surface area contributed by atoms with Crippen molar-refractivity contribution in [2.45, 2.75) is 40.8 Å². The molecule has 2 heterocycles. The Hall–Kier alpha value is -2.42. The fourth-order valence-corrected chi connectivity index (χ4v) is 3.89. The predicted octanol–water partition coefficient (Wildman–Crippen LogP) is 5.55. The van der Waals surface area contributed by atoms with Crippen molar-refractivity contribution in [3.05, 3.63) is 52.9 Å². The Morgan fingerprint density at radius 1 is 0.917 bits per heavy atom. The van der Waals surface area contributed by atoms with E-state index in [1.165, 1.54) is 39.0 Å². The van der Waals surface area contributed by atoms with Crippen LogP contribution in [-0.2, 0) is 0 Å². The Balaban J connectivity index is 2.03. The summed E-state index contributed by atoms with van der Waals surface area (Å²) in [5.74, 6) is 0. The summed E-state index contributed by atoms with van der Waals surface area (Å²) in [4.78, 5) is 4.78. The molecule has 3 aromatic rings. The van der Waals surface area contributed by atoms with Crippen LogP contribution in [0.15, 0.2) is 46.1 Å². The fraction of sp³-hybridized carbons (Fsp3) is 0.333. The second kappa shape index (κ2) is 5.04. The number of fused-ring (bicyclic) bond motifs is 3. The molecule has 0 saturated heterocycles. The number of nitrogens with zero attached hydrogens (tertiary/aromatic N) is 2. The first kappa shape index (κ1) is 15.1. The number of hydrogen-bond donors (Lipinski definition) is 0. The van der Waals surface area contributed by atoms with Crippen LogP contribution in [0, 0.1) is 13.8 Å². The summed E-state index contributed by atoms with van der Waals surface area (Å²) in [5.41, 5.74) is 8.41. The van der Waals surface area contributed by atoms with E-state index < -0.39 is 0 Å². The molecule has 1 aliphatic heterocycles. The zero-order chi connectivity index (χ0) is 17.2. The first-order valence-electron chi connectivity index (χ1n) is 8.52. The third-order valence-electron chi connectivity index (χ3n) is 5.81. The van der Waals surface area contributed by atoms with Crippen molar-refractivity contribution in [3.8, 4) is 0 Å². The lowest BCUT2D eigenvalue weighted by Crippen LogP contribution is -2.35. The van der Waals surface area contributed by atoms with Gasteiger partial charge in [0.15, 0.2) is 0 Å². The Labute approximate surface area is 143 Å². The zero-order valence-corrected chi connectivity index (χ0v) is 15.3. The summed E-state index contributed by atoms with van der Waals surface area (Å²) in [6.45, 7) is 11.0. The average Bonchev–Trinajstić information content (AvgIpc) is 3.04. The molecule has 3 nitrogen and oxygen atoms in total. The summed E-state index contributed by atoms with van der Waals surface area (Å²) >= 11 is 0. The number of aryl methyl sites for hydroxylation is 1. The van der Waals surface area contributed by atoms with E-state index >= 15 is 0 Å². The standard InChI is InChI=1S/C21H24N2O/c1-12-13(2)21-18(17-9-7-8-10-20(17)24-21)11-19(12)23-15(4)14(3)22(6)16(23)5/h7-11,16H,1-6H3/t16-/m1/s1. The molecule has 4 rings (SSSR count). The van der Waals surface area contributed by atoms with Gasteiger partial charge >= 0.3 is 0 Å². The molecule has 24 heavy (non-hydrogen) atoms. The molecular formula is C21H24N2O. The van der Waals surface area contributed by atoms with Crippen molar-refractivity contribution in [1.82, 2.24) is 4.90 Å². The van der Waals surface area contributed by atoms with Gasteiger partial charge in [-0.3, -0.25) is 0 Å². The molecule has 2 aromatic carbocycles. The molecule has 124 valence electrons. The molecule has 0 amide bonds. The van der Waals surface area contributed by atoms with Gasteiger partial charge in [0.1, 0.15) is 17.3 Å². The first-order chi connectivity index (χ1) is 11.4. The highest BCUT2D eigenvalue weighted by molar-refractivity contribution is 6.07. The van der Waals surface area contributed by atoms with E-state index in [4.69, 9.17) is 4.42 Å². The van der Waals surface area contributed by atoms with Crippen molar-refractivity contribution in [2.75, 3.05) is 11.9 Å². The highest BCUT2D eigenvalue weighted by Gasteiger charge is 2.31. The van der Waals surface area contributed by atoms with Crippen LogP contribution in [0.4, 0.5) is 5.69 Å². The fourth-order valence-electron chi connectivity index (χ4n) is 3.89. The maximum absolute atomic E-state index is 6.14. The zero-order valence-electron chi connectivity index (χ0n) is 15.3. The van der Waals surface area contributed by atoms with Crippen LogP contribution in [0.25, 0.3) is 21.9 Å². The number of rotatable bonds is 1. The summed E-state index contributed by atoms with van der Waals surface area (Å²) in [6, 6.07) is 10.6. The number of benzene rings is 2. The minimum Gasteiger partial charge on any atom is -0.456 e. The predicted molar refractivity (Wildman–Crippen MR) is 101 cm³/mol. The molecule has 0 bridgehead atoms. The first-order valence-corrected chi connectivity index (χ1v) is 8.52. The van der Waals surface area contributed by atoms with Gasteiger partial charge in [-0.05, 0) is 57.9 Å². The van der Waals surface area contributed by atoms with Crippen molar-refractivity contribution in [1.29, 1.82) is 0 Å². The van der Waals surface area contributed by atoms with Gasteiger partial charge in [0, 0.05) is 34.9 Å². The Bertz CT molecular complexity index is 996. The molecule has 0 fully saturated rings. The van der Waals surface area contributed by atoms with E-state index in [0.29, 0.717) is 6.17 Å². The minimum absolute atomic E-state index is 0.318. The monoisotopic (exact) mass is 320 g/mol. The van der Waals surface area contributed by atoms with Crippen LogP contribution in [0.3, 0.4) is 0 Å². The van der Waals surface area contributed by atoms with E-state index in [2.05, 4.69) is 69.7 Å². The molecule has 1 atom stereocenters. The van der Waals surface area contributed by atoms with Crippen LogP contribution >= 0.6 is 0 Å². The normalized spacial score (nSPS) is 18.5. The van der Waals surface area contributed by atoms with Gasteiger partial charge in [0.2, 0.25) is 0 Å². The molecular weight excluding hydrogens is 296 g/mol. The smallest absolute Gasteiger partial charge is 0.138 e. The highest BCUT2D eigenvalue weighted by Crippen LogP contribution is 2.41. The summed E-state index contributed by atoms with van der Waals surface area (Å²) in [7, 11) is 2.16. The average molecular weight is 320 g/mol. The molecule has 0 unspecified atom stereocenters. The lowest BCUT2D eigenvalue weighted by Gasteiger charge is -2.31. The van der Waals surface area contributed by atoms with E-state index in [0.717, 1.165) is 11.2 Å². The quantitative estimate of drug-likeness (QED) is 0.586. The molecule has 1 aromatic heterocycles. The van der Waals surface area contributed by atoms with Crippen LogP contribution in [0.5, 0.6) is 0 Å². The molecule has 0 spiro atoms. The third-order valence-corrected chi connectivity index (χ3v) is 5.81. The molecule has 1 aliphatic rings. The largest absolute Gasteiger partial charge is 0.456 e. The number of para-hydroxylation sites is 1. The lowest BCUT2D eigenvalue weighted by atomic mass is 10.0. The van der Waals surface area contributed by atoms with Crippen LogP contribution in [0.1, 0.15) is 31.9 Å². The molecule has 0 saturated carbocycles. The highest BCUT2D eigenvalue weighted by atomic mass is 16.3. The maximum Gasteiger partial charge on any atom is 0.138 e. The lowest BCUT2D eigenvalue weighted by molar-refractivity contribution is 0.357. The van der Waals surface area contributed by atoms with Crippen molar-refractivity contribution >= 4 is 27.6 Å². The molecule has 0 radical (unpaired) electrons. The Morgan fingerprint density at radius 2 is 1.62 bits per heavy atom. The van der Waals surface area contributed by atoms with E-state index in [9.17, 15) is 0 Å². The van der Waals surface area contributed by atoms with E-state index in [1.54, 1.807) is 0 Å². The third kappa shape index (κ3) is 1.84. The van der Waals surface area contributed by atoms with Gasteiger partial charge < -0.3 is 14.2 Å². The summed E-state index contributed by atoms with van der Waals surface area (Å²) in [6.07, 6.45) is 0.318. The van der Waals surface area contributed by atoms with Gasteiger partial charge in [-0.1, -0.05) is 18.2 Å². The number of hydrogen-bond acceptors (Lipinski definition) is 3. The van der Waals surface area contributed by atoms with Crippen molar-refractivity contribution in [2.24, 2.45) is 0 Å². The van der Waals surface area contributed by atoms with E-state index in [-0.39, 0.29) is 0 Å². The van der Waals surface area contributed by atoms with Crippen LogP contribution < -0.4 is 4.90 Å².